The van der Waals surface area contributed by atoms with Crippen molar-refractivity contribution < 1.29 is 9.84 Å². The van der Waals surface area contributed by atoms with Gasteiger partial charge in [0.1, 0.15) is 17.1 Å². The Morgan fingerprint density at radius 3 is 2.76 bits per heavy atom. The van der Waals surface area contributed by atoms with Gasteiger partial charge in [-0.3, -0.25) is 0 Å². The average molecular weight is 286 g/mol. The molecule has 2 aliphatic carbocycles. The molecule has 2 nitrogen and oxygen atoms in total. The van der Waals surface area contributed by atoms with Crippen molar-refractivity contribution in [3.05, 3.63) is 23.3 Å². The van der Waals surface area contributed by atoms with Crippen molar-refractivity contribution in [2.75, 3.05) is 0 Å². The van der Waals surface area contributed by atoms with Crippen molar-refractivity contribution in [2.24, 2.45) is 17.3 Å². The van der Waals surface area contributed by atoms with Crippen molar-refractivity contribution in [3.8, 4) is 11.5 Å². The van der Waals surface area contributed by atoms with E-state index in [1.165, 1.54) is 12.0 Å². The largest absolute Gasteiger partial charge is 0.508 e. The molecule has 1 aromatic carbocycles. The summed E-state index contributed by atoms with van der Waals surface area (Å²) in [5.74, 6) is 3.20. The number of fused-ring (bicyclic) bond motifs is 2. The monoisotopic (exact) mass is 286 g/mol. The van der Waals surface area contributed by atoms with Gasteiger partial charge in [-0.1, -0.05) is 27.2 Å². The van der Waals surface area contributed by atoms with Gasteiger partial charge in [0.25, 0.3) is 0 Å². The predicted molar refractivity (Wildman–Crippen MR) is 83.9 cm³/mol. The summed E-state index contributed by atoms with van der Waals surface area (Å²) in [7, 11) is 0. The van der Waals surface area contributed by atoms with Crippen LogP contribution in [0.5, 0.6) is 11.5 Å². The number of benzene rings is 1. The molecular formula is C19H26O2. The van der Waals surface area contributed by atoms with Gasteiger partial charge in [-0.25, -0.2) is 0 Å². The first-order chi connectivity index (χ1) is 9.88. The Balaban J connectivity index is 1.86. The number of ether oxygens (including phenoxy) is 1. The predicted octanol–water partition coefficient (Wildman–Crippen LogP) is 4.65. The summed E-state index contributed by atoms with van der Waals surface area (Å²) in [5.41, 5.74) is 2.54. The van der Waals surface area contributed by atoms with Gasteiger partial charge < -0.3 is 9.84 Å². The first-order valence-electron chi connectivity index (χ1n) is 8.43. The van der Waals surface area contributed by atoms with Gasteiger partial charge in [0.15, 0.2) is 0 Å². The molecule has 4 rings (SSSR count). The van der Waals surface area contributed by atoms with E-state index in [9.17, 15) is 5.11 Å². The van der Waals surface area contributed by atoms with Crippen molar-refractivity contribution in [1.29, 1.82) is 0 Å². The molecule has 1 aromatic rings. The highest BCUT2D eigenvalue weighted by Crippen LogP contribution is 2.74. The van der Waals surface area contributed by atoms with Gasteiger partial charge in [0.05, 0.1) is 0 Å². The van der Waals surface area contributed by atoms with Crippen LogP contribution in [0.1, 0.15) is 64.0 Å². The molecule has 2 fully saturated rings. The van der Waals surface area contributed by atoms with Crippen molar-refractivity contribution in [2.45, 2.75) is 64.9 Å². The minimum absolute atomic E-state index is 0.0187. The number of hydrogen-bond acceptors (Lipinski definition) is 2. The summed E-state index contributed by atoms with van der Waals surface area (Å²) in [4.78, 5) is 0. The Hall–Kier alpha value is -1.18. The topological polar surface area (TPSA) is 29.5 Å². The zero-order chi connectivity index (χ0) is 15.0. The number of hydrogen-bond donors (Lipinski definition) is 1. The number of rotatable bonds is 2. The van der Waals surface area contributed by atoms with Crippen LogP contribution in [-0.4, -0.2) is 10.7 Å². The molecule has 0 aromatic heterocycles. The summed E-state index contributed by atoms with van der Waals surface area (Å²) >= 11 is 0. The third kappa shape index (κ3) is 1.54. The number of phenols is 1. The molecule has 1 heterocycles. The molecule has 0 bridgehead atoms. The maximum atomic E-state index is 10.6. The fourth-order valence-corrected chi connectivity index (χ4v) is 5.63. The first-order valence-corrected chi connectivity index (χ1v) is 8.43. The Morgan fingerprint density at radius 2 is 2.05 bits per heavy atom. The molecule has 1 aliphatic heterocycles. The van der Waals surface area contributed by atoms with E-state index in [-0.39, 0.29) is 11.0 Å². The molecule has 0 amide bonds. The van der Waals surface area contributed by atoms with Crippen LogP contribution in [0.4, 0.5) is 0 Å². The summed E-state index contributed by atoms with van der Waals surface area (Å²) in [6, 6.07) is 4.15. The second kappa shape index (κ2) is 3.97. The number of phenolic OH excluding ortho intramolecular Hbond substituents is 1. The average Bonchev–Trinajstić information content (AvgIpc) is 2.72. The van der Waals surface area contributed by atoms with Gasteiger partial charge in [-0.05, 0) is 55.2 Å². The molecule has 21 heavy (non-hydrogen) atoms. The van der Waals surface area contributed by atoms with Crippen LogP contribution < -0.4 is 4.74 Å². The Morgan fingerprint density at radius 1 is 1.29 bits per heavy atom. The van der Waals surface area contributed by atoms with Crippen LogP contribution in [0.2, 0.25) is 0 Å². The van der Waals surface area contributed by atoms with Crippen LogP contribution in [0.15, 0.2) is 12.1 Å². The van der Waals surface area contributed by atoms with E-state index in [4.69, 9.17) is 4.74 Å². The second-order valence-corrected chi connectivity index (χ2v) is 8.16. The van der Waals surface area contributed by atoms with Gasteiger partial charge in [-0.15, -0.1) is 0 Å². The first kappa shape index (κ1) is 13.5. The Bertz CT molecular complexity index is 604. The summed E-state index contributed by atoms with van der Waals surface area (Å²) in [6.07, 6.45) is 4.51. The van der Waals surface area contributed by atoms with E-state index in [0.29, 0.717) is 17.6 Å². The lowest BCUT2D eigenvalue weighted by atomic mass is 9.45. The lowest BCUT2D eigenvalue weighted by Crippen LogP contribution is -2.59. The van der Waals surface area contributed by atoms with E-state index in [0.717, 1.165) is 36.5 Å². The second-order valence-electron chi connectivity index (χ2n) is 8.16. The highest BCUT2D eigenvalue weighted by atomic mass is 16.5. The molecule has 0 spiro atoms. The van der Waals surface area contributed by atoms with E-state index in [2.05, 4.69) is 33.8 Å². The van der Waals surface area contributed by atoms with Crippen LogP contribution >= 0.6 is 0 Å². The van der Waals surface area contributed by atoms with Crippen LogP contribution in [0.3, 0.4) is 0 Å². The number of aromatic hydroxyl groups is 1. The quantitative estimate of drug-likeness (QED) is 0.857. The Labute approximate surface area is 127 Å². The van der Waals surface area contributed by atoms with E-state index in [1.807, 2.05) is 6.07 Å². The van der Waals surface area contributed by atoms with E-state index in [1.54, 1.807) is 0 Å². The zero-order valence-corrected chi connectivity index (χ0v) is 13.6. The minimum Gasteiger partial charge on any atom is -0.508 e. The van der Waals surface area contributed by atoms with Crippen LogP contribution in [-0.2, 0) is 6.42 Å². The van der Waals surface area contributed by atoms with Crippen molar-refractivity contribution in [1.82, 2.24) is 0 Å². The van der Waals surface area contributed by atoms with E-state index >= 15 is 0 Å². The third-order valence-electron chi connectivity index (χ3n) is 6.58. The summed E-state index contributed by atoms with van der Waals surface area (Å²) in [5, 5.41) is 10.6. The van der Waals surface area contributed by atoms with Crippen molar-refractivity contribution in [3.63, 3.8) is 0 Å². The van der Waals surface area contributed by atoms with Crippen LogP contribution in [0, 0.1) is 17.3 Å². The molecular weight excluding hydrogens is 260 g/mol. The minimum atomic E-state index is -0.0187. The molecule has 114 valence electrons. The van der Waals surface area contributed by atoms with Gasteiger partial charge >= 0.3 is 0 Å². The fraction of sp³-hybridized carbons (Fsp3) is 0.684. The molecule has 2 saturated carbocycles. The van der Waals surface area contributed by atoms with E-state index < -0.39 is 0 Å². The molecule has 2 unspecified atom stereocenters. The normalized spacial score (nSPS) is 38.2. The molecule has 0 radical (unpaired) electrons. The zero-order valence-electron chi connectivity index (χ0n) is 13.6. The van der Waals surface area contributed by atoms with Crippen molar-refractivity contribution >= 4 is 0 Å². The maximum absolute atomic E-state index is 10.6. The third-order valence-corrected chi connectivity index (χ3v) is 6.58. The lowest BCUT2D eigenvalue weighted by Gasteiger charge is -2.62. The maximum Gasteiger partial charge on any atom is 0.127 e. The summed E-state index contributed by atoms with van der Waals surface area (Å²) in [6.45, 7) is 9.20. The fourth-order valence-electron chi connectivity index (χ4n) is 5.63. The van der Waals surface area contributed by atoms with Gasteiger partial charge in [0.2, 0.25) is 0 Å². The highest BCUT2D eigenvalue weighted by Gasteiger charge is 2.69. The lowest BCUT2D eigenvalue weighted by molar-refractivity contribution is -0.121. The summed E-state index contributed by atoms with van der Waals surface area (Å²) < 4.78 is 6.45. The SMILES string of the molecule is CCCc1cc(O)c2c(c1)O[C@]1(C)CCC3C1[C@H]2C3(C)C. The molecule has 2 heteroatoms. The highest BCUT2D eigenvalue weighted by molar-refractivity contribution is 5.55. The molecule has 0 saturated heterocycles. The smallest absolute Gasteiger partial charge is 0.127 e. The Kier molecular flexibility index (Phi) is 2.55. The van der Waals surface area contributed by atoms with Gasteiger partial charge in [-0.2, -0.15) is 0 Å². The molecule has 4 atom stereocenters. The van der Waals surface area contributed by atoms with Gasteiger partial charge in [0, 0.05) is 17.4 Å². The van der Waals surface area contributed by atoms with Crippen LogP contribution in [0.25, 0.3) is 0 Å². The molecule has 1 N–H and O–H groups in total. The standard InChI is InChI=1S/C19H26O2/c1-5-6-11-9-13(20)15-14(10-11)21-19(4)8-7-12-16(19)17(15)18(12,2)3/h9-10,12,16-17,20H,5-8H2,1-4H3/t12?,16?,17-,19+/m0/s1. The number of aryl methyl sites for hydroxylation is 1. The molecule has 3 aliphatic rings.